The molecule has 0 bridgehead atoms. The van der Waals surface area contributed by atoms with Crippen molar-refractivity contribution < 1.29 is 13.2 Å². The minimum Gasteiger partial charge on any atom is -0.457 e. The van der Waals surface area contributed by atoms with E-state index in [2.05, 4.69) is 10.3 Å². The van der Waals surface area contributed by atoms with Crippen LogP contribution < -0.4 is 15.0 Å². The Bertz CT molecular complexity index is 1330. The molecule has 0 fully saturated rings. The first-order valence-electron chi connectivity index (χ1n) is 9.76. The lowest BCUT2D eigenvalue weighted by atomic mass is 10.1. The number of rotatable bonds is 6. The average molecular weight is 434 g/mol. The number of nitrogens with one attached hydrogen (secondary N) is 2. The Hall–Kier alpha value is -3.42. The predicted octanol–water partition coefficient (Wildman–Crippen LogP) is 5.19. The SMILES string of the molecule is Cc1ccc(Oc2ccc(-c3cc(NNS(C)(=O)=O)c4cc(C)ccc4n3)cc2)cc1. The van der Waals surface area contributed by atoms with Crippen LogP contribution >= 0.6 is 0 Å². The maximum Gasteiger partial charge on any atom is 0.225 e. The van der Waals surface area contributed by atoms with Crippen molar-refractivity contribution in [1.29, 1.82) is 0 Å². The molecule has 0 saturated heterocycles. The van der Waals surface area contributed by atoms with E-state index >= 15 is 0 Å². The summed E-state index contributed by atoms with van der Waals surface area (Å²) in [7, 11) is -3.41. The highest BCUT2D eigenvalue weighted by molar-refractivity contribution is 7.88. The van der Waals surface area contributed by atoms with E-state index in [1.165, 1.54) is 5.56 Å². The first-order chi connectivity index (χ1) is 14.8. The Balaban J connectivity index is 1.66. The van der Waals surface area contributed by atoms with E-state index in [0.717, 1.165) is 45.5 Å². The molecule has 1 aromatic heterocycles. The Morgan fingerprint density at radius 3 is 2.06 bits per heavy atom. The average Bonchev–Trinajstić information content (AvgIpc) is 2.73. The molecule has 0 radical (unpaired) electrons. The number of hydrogen-bond acceptors (Lipinski definition) is 5. The second kappa shape index (κ2) is 8.37. The van der Waals surface area contributed by atoms with E-state index in [0.29, 0.717) is 5.69 Å². The highest BCUT2D eigenvalue weighted by Crippen LogP contribution is 2.30. The van der Waals surface area contributed by atoms with Crippen LogP contribution in [0.3, 0.4) is 0 Å². The number of benzene rings is 3. The Labute approximate surface area is 181 Å². The number of aryl methyl sites for hydroxylation is 2. The molecule has 3 aromatic carbocycles. The van der Waals surface area contributed by atoms with E-state index in [1.807, 2.05) is 86.6 Å². The molecule has 2 N–H and O–H groups in total. The molecule has 0 amide bonds. The standard InChI is InChI=1S/C24H23N3O3S/c1-16-4-9-19(10-5-16)30-20-11-7-18(8-12-20)23-15-24(26-27-31(3,28)29)21-14-17(2)6-13-22(21)25-23/h4-15,27H,1-3H3,(H,25,26). The number of pyridine rings is 1. The third kappa shape index (κ3) is 5.20. The minimum absolute atomic E-state index is 0.633. The molecule has 158 valence electrons. The van der Waals surface area contributed by atoms with Gasteiger partial charge in [-0.3, -0.25) is 0 Å². The summed E-state index contributed by atoms with van der Waals surface area (Å²) in [5.41, 5.74) is 8.05. The first kappa shape index (κ1) is 20.8. The number of hydrogen-bond donors (Lipinski definition) is 2. The molecule has 31 heavy (non-hydrogen) atoms. The van der Waals surface area contributed by atoms with Crippen LogP contribution in [0, 0.1) is 13.8 Å². The summed E-state index contributed by atoms with van der Waals surface area (Å²) in [5.74, 6) is 1.50. The van der Waals surface area contributed by atoms with E-state index < -0.39 is 10.0 Å². The van der Waals surface area contributed by atoms with E-state index in [9.17, 15) is 8.42 Å². The van der Waals surface area contributed by atoms with Crippen LogP contribution in [0.4, 0.5) is 5.69 Å². The Kier molecular flexibility index (Phi) is 5.63. The van der Waals surface area contributed by atoms with Gasteiger partial charge >= 0.3 is 0 Å². The number of aromatic nitrogens is 1. The Morgan fingerprint density at radius 1 is 0.806 bits per heavy atom. The van der Waals surface area contributed by atoms with Crippen molar-refractivity contribution in [2.45, 2.75) is 13.8 Å². The monoisotopic (exact) mass is 433 g/mol. The highest BCUT2D eigenvalue weighted by atomic mass is 32.2. The zero-order chi connectivity index (χ0) is 22.0. The zero-order valence-electron chi connectivity index (χ0n) is 17.5. The number of hydrazine groups is 1. The van der Waals surface area contributed by atoms with Crippen molar-refractivity contribution in [3.8, 4) is 22.8 Å². The van der Waals surface area contributed by atoms with Crippen molar-refractivity contribution >= 4 is 26.6 Å². The highest BCUT2D eigenvalue weighted by Gasteiger charge is 2.10. The van der Waals surface area contributed by atoms with Gasteiger partial charge in [-0.15, -0.1) is 4.83 Å². The molecular formula is C24H23N3O3S. The number of nitrogens with zero attached hydrogens (tertiary/aromatic N) is 1. The van der Waals surface area contributed by atoms with Gasteiger partial charge in [0, 0.05) is 10.9 Å². The van der Waals surface area contributed by atoms with Gasteiger partial charge in [0.25, 0.3) is 0 Å². The van der Waals surface area contributed by atoms with Gasteiger partial charge in [0.05, 0.1) is 23.2 Å². The Morgan fingerprint density at radius 2 is 1.42 bits per heavy atom. The molecule has 1 heterocycles. The van der Waals surface area contributed by atoms with Gasteiger partial charge in [0.15, 0.2) is 0 Å². The molecule has 7 heteroatoms. The van der Waals surface area contributed by atoms with Crippen LogP contribution in [-0.2, 0) is 10.0 Å². The first-order valence-corrected chi connectivity index (χ1v) is 11.7. The maximum absolute atomic E-state index is 11.6. The second-order valence-corrected chi connectivity index (χ2v) is 9.26. The summed E-state index contributed by atoms with van der Waals surface area (Å²) in [6.45, 7) is 4.01. The topological polar surface area (TPSA) is 80.3 Å². The summed E-state index contributed by atoms with van der Waals surface area (Å²) in [6, 6.07) is 23.2. The fourth-order valence-corrected chi connectivity index (χ4v) is 3.47. The van der Waals surface area contributed by atoms with Crippen LogP contribution in [0.5, 0.6) is 11.5 Å². The summed E-state index contributed by atoms with van der Waals surface area (Å²) in [6.07, 6.45) is 1.10. The van der Waals surface area contributed by atoms with Crippen molar-refractivity contribution in [2.24, 2.45) is 0 Å². The van der Waals surface area contributed by atoms with E-state index in [-0.39, 0.29) is 0 Å². The number of sulfonamides is 1. The second-order valence-electron chi connectivity index (χ2n) is 7.51. The molecule has 0 saturated carbocycles. The van der Waals surface area contributed by atoms with Gasteiger partial charge in [0.1, 0.15) is 11.5 Å². The lowest BCUT2D eigenvalue weighted by Gasteiger charge is -2.13. The summed E-state index contributed by atoms with van der Waals surface area (Å²) in [5, 5.41) is 0.833. The van der Waals surface area contributed by atoms with Crippen LogP contribution in [-0.4, -0.2) is 19.7 Å². The molecule has 6 nitrogen and oxygen atoms in total. The number of anilines is 1. The smallest absolute Gasteiger partial charge is 0.225 e. The molecule has 0 spiro atoms. The van der Waals surface area contributed by atoms with E-state index in [4.69, 9.17) is 9.72 Å². The summed E-state index contributed by atoms with van der Waals surface area (Å²) in [4.78, 5) is 7.10. The van der Waals surface area contributed by atoms with Crippen LogP contribution in [0.2, 0.25) is 0 Å². The summed E-state index contributed by atoms with van der Waals surface area (Å²) < 4.78 is 29.0. The van der Waals surface area contributed by atoms with Crippen molar-refractivity contribution in [3.63, 3.8) is 0 Å². The number of fused-ring (bicyclic) bond motifs is 1. The van der Waals surface area contributed by atoms with Gasteiger partial charge in [-0.05, 0) is 68.4 Å². The molecule has 0 atom stereocenters. The molecule has 4 aromatic rings. The van der Waals surface area contributed by atoms with Gasteiger partial charge in [-0.2, -0.15) is 0 Å². The fraction of sp³-hybridized carbons (Fsp3) is 0.125. The quantitative estimate of drug-likeness (QED) is 0.409. The molecule has 0 aliphatic heterocycles. The third-order valence-corrected chi connectivity index (χ3v) is 5.21. The third-order valence-electron chi connectivity index (χ3n) is 4.74. The van der Waals surface area contributed by atoms with Gasteiger partial charge in [-0.25, -0.2) is 13.4 Å². The largest absolute Gasteiger partial charge is 0.457 e. The molecular weight excluding hydrogens is 410 g/mol. The van der Waals surface area contributed by atoms with Gasteiger partial charge in [0.2, 0.25) is 10.0 Å². The maximum atomic E-state index is 11.6. The van der Waals surface area contributed by atoms with Crippen LogP contribution in [0.15, 0.2) is 72.8 Å². The minimum atomic E-state index is -3.41. The number of ether oxygens (including phenoxy) is 1. The van der Waals surface area contributed by atoms with Crippen molar-refractivity contribution in [3.05, 3.63) is 83.9 Å². The molecule has 0 aliphatic carbocycles. The van der Waals surface area contributed by atoms with Crippen molar-refractivity contribution in [1.82, 2.24) is 9.82 Å². The normalized spacial score (nSPS) is 11.5. The molecule has 0 aliphatic rings. The van der Waals surface area contributed by atoms with Gasteiger partial charge < -0.3 is 10.2 Å². The zero-order valence-corrected chi connectivity index (χ0v) is 18.3. The molecule has 4 rings (SSSR count). The fourth-order valence-electron chi connectivity index (χ4n) is 3.17. The lowest BCUT2D eigenvalue weighted by molar-refractivity contribution is 0.482. The van der Waals surface area contributed by atoms with Crippen LogP contribution in [0.1, 0.15) is 11.1 Å². The summed E-state index contributed by atoms with van der Waals surface area (Å²) >= 11 is 0. The lowest BCUT2D eigenvalue weighted by Crippen LogP contribution is -2.28. The predicted molar refractivity (Wildman–Crippen MR) is 125 cm³/mol. The van der Waals surface area contributed by atoms with Crippen LogP contribution in [0.25, 0.3) is 22.2 Å². The van der Waals surface area contributed by atoms with Crippen molar-refractivity contribution in [2.75, 3.05) is 11.7 Å². The molecule has 0 unspecified atom stereocenters. The van der Waals surface area contributed by atoms with E-state index in [1.54, 1.807) is 0 Å². The van der Waals surface area contributed by atoms with Gasteiger partial charge in [-0.1, -0.05) is 29.3 Å².